The highest BCUT2D eigenvalue weighted by atomic mass is 16.7. The summed E-state index contributed by atoms with van der Waals surface area (Å²) >= 11 is 0. The zero-order valence-electron chi connectivity index (χ0n) is 15.0. The molecule has 1 aromatic heterocycles. The van der Waals surface area contributed by atoms with Gasteiger partial charge in [0.05, 0.1) is 36.1 Å². The second kappa shape index (κ2) is 6.58. The summed E-state index contributed by atoms with van der Waals surface area (Å²) in [4.78, 5) is 6.82. The molecule has 5 atom stereocenters. The third-order valence-corrected chi connectivity index (χ3v) is 6.08. The first kappa shape index (κ1) is 16.6. The van der Waals surface area contributed by atoms with Gasteiger partial charge in [0.1, 0.15) is 12.1 Å². The van der Waals surface area contributed by atoms with Gasteiger partial charge in [-0.2, -0.15) is 0 Å². The average Bonchev–Trinajstić information content (AvgIpc) is 3.27. The maximum absolute atomic E-state index is 11.2. The van der Waals surface area contributed by atoms with Crippen LogP contribution in [0.3, 0.4) is 0 Å². The number of hydrogen-bond acceptors (Lipinski definition) is 6. The van der Waals surface area contributed by atoms with Gasteiger partial charge in [0.15, 0.2) is 6.29 Å². The molecule has 1 aromatic carbocycles. The number of aliphatic hydroxyl groups is 1. The van der Waals surface area contributed by atoms with Crippen molar-refractivity contribution in [1.29, 1.82) is 0 Å². The van der Waals surface area contributed by atoms with E-state index in [-0.39, 0.29) is 18.2 Å². The Morgan fingerprint density at radius 1 is 1.23 bits per heavy atom. The number of aliphatic hydroxyl groups excluding tert-OH is 1. The van der Waals surface area contributed by atoms with E-state index in [0.29, 0.717) is 12.6 Å². The number of likely N-dealkylation sites (tertiary alicyclic amines) is 1. The number of rotatable bonds is 3. The first-order chi connectivity index (χ1) is 12.7. The molecule has 3 aliphatic heterocycles. The van der Waals surface area contributed by atoms with Gasteiger partial charge < -0.3 is 29.4 Å². The molecule has 5 rings (SSSR count). The Balaban J connectivity index is 1.41. The van der Waals surface area contributed by atoms with Crippen LogP contribution in [0.15, 0.2) is 30.6 Å². The lowest BCUT2D eigenvalue weighted by Crippen LogP contribution is -2.60. The summed E-state index contributed by atoms with van der Waals surface area (Å²) in [5.41, 5.74) is 1.91. The highest BCUT2D eigenvalue weighted by Gasteiger charge is 2.51. The van der Waals surface area contributed by atoms with E-state index in [4.69, 9.17) is 9.47 Å². The molecule has 0 radical (unpaired) electrons. The highest BCUT2D eigenvalue weighted by molar-refractivity contribution is 5.75. The Kier molecular flexibility index (Phi) is 4.21. The van der Waals surface area contributed by atoms with E-state index < -0.39 is 12.4 Å². The monoisotopic (exact) mass is 358 g/mol. The Bertz CT molecular complexity index is 773. The van der Waals surface area contributed by atoms with Crippen LogP contribution >= 0.6 is 0 Å². The number of hydrogen-bond donors (Lipinski definition) is 2. The number of aromatic nitrogens is 2. The molecule has 7 heteroatoms. The van der Waals surface area contributed by atoms with Crippen molar-refractivity contribution in [3.63, 3.8) is 0 Å². The second-order valence-electron chi connectivity index (χ2n) is 7.77. The lowest BCUT2D eigenvalue weighted by Gasteiger charge is -2.42. The molecule has 0 saturated carbocycles. The van der Waals surface area contributed by atoms with Gasteiger partial charge >= 0.3 is 0 Å². The van der Waals surface area contributed by atoms with Crippen LogP contribution in [0, 0.1) is 0 Å². The molecule has 140 valence electrons. The van der Waals surface area contributed by atoms with Gasteiger partial charge in [-0.3, -0.25) is 0 Å². The molecule has 0 unspecified atom stereocenters. The van der Waals surface area contributed by atoms with Crippen molar-refractivity contribution < 1.29 is 14.6 Å². The van der Waals surface area contributed by atoms with E-state index >= 15 is 0 Å². The minimum atomic E-state index is -0.585. The van der Waals surface area contributed by atoms with Crippen molar-refractivity contribution in [2.75, 3.05) is 26.7 Å². The number of fused-ring (bicyclic) bond motifs is 3. The maximum Gasteiger partial charge on any atom is 0.181 e. The van der Waals surface area contributed by atoms with Crippen molar-refractivity contribution >= 4 is 11.0 Å². The number of ether oxygens (including phenoxy) is 2. The van der Waals surface area contributed by atoms with Crippen LogP contribution in [-0.4, -0.2) is 76.9 Å². The molecule has 2 bridgehead atoms. The summed E-state index contributed by atoms with van der Waals surface area (Å²) in [6, 6.07) is 7.94. The smallest absolute Gasteiger partial charge is 0.181 e. The Labute approximate surface area is 152 Å². The molecule has 0 amide bonds. The fourth-order valence-corrected chi connectivity index (χ4v) is 4.57. The lowest BCUT2D eigenvalue weighted by atomic mass is 9.93. The van der Waals surface area contributed by atoms with Crippen molar-refractivity contribution in [1.82, 2.24) is 19.8 Å². The van der Waals surface area contributed by atoms with Crippen LogP contribution < -0.4 is 5.32 Å². The predicted molar refractivity (Wildman–Crippen MR) is 96.8 cm³/mol. The predicted octanol–water partition coefficient (Wildman–Crippen LogP) is 0.746. The summed E-state index contributed by atoms with van der Waals surface area (Å²) in [7, 11) is 2.16. The van der Waals surface area contributed by atoms with Crippen LogP contribution in [0.25, 0.3) is 11.0 Å². The Morgan fingerprint density at radius 3 is 2.88 bits per heavy atom. The van der Waals surface area contributed by atoms with Crippen LogP contribution in [0.5, 0.6) is 0 Å². The van der Waals surface area contributed by atoms with Gasteiger partial charge in [-0.25, -0.2) is 4.98 Å². The standard InChI is InChI=1S/C19H26N4O3/c1-22-8-6-12(7-9-22)21-16-15-10-25-19(26-15)17(18(16)24)23-11-20-13-4-2-3-5-14(13)23/h2-5,11-12,15-19,21,24H,6-10H2,1H3/t15-,16-,17-,18+,19-/m1/s1. The Hall–Kier alpha value is -1.51. The van der Waals surface area contributed by atoms with Crippen molar-refractivity contribution in [3.05, 3.63) is 30.6 Å². The molecule has 3 saturated heterocycles. The molecule has 3 aliphatic rings. The molecule has 2 aromatic rings. The van der Waals surface area contributed by atoms with E-state index in [1.807, 2.05) is 28.8 Å². The number of nitrogens with zero attached hydrogens (tertiary/aromatic N) is 3. The van der Waals surface area contributed by atoms with Gasteiger partial charge in [-0.05, 0) is 45.1 Å². The van der Waals surface area contributed by atoms with Gasteiger partial charge in [0.25, 0.3) is 0 Å². The van der Waals surface area contributed by atoms with E-state index in [1.165, 1.54) is 0 Å². The first-order valence-corrected chi connectivity index (χ1v) is 9.52. The lowest BCUT2D eigenvalue weighted by molar-refractivity contribution is -0.165. The highest BCUT2D eigenvalue weighted by Crippen LogP contribution is 2.37. The third-order valence-electron chi connectivity index (χ3n) is 6.08. The number of piperidine rings is 1. The number of imidazole rings is 1. The summed E-state index contributed by atoms with van der Waals surface area (Å²) < 4.78 is 14.0. The molecular formula is C19H26N4O3. The second-order valence-corrected chi connectivity index (χ2v) is 7.77. The minimum absolute atomic E-state index is 0.0966. The molecule has 0 spiro atoms. The zero-order valence-corrected chi connectivity index (χ0v) is 15.0. The summed E-state index contributed by atoms with van der Waals surface area (Å²) in [6.07, 6.45) is 2.86. The SMILES string of the molecule is CN1CCC(N[C@H]2[C@H](O)[C@@H](n3cnc4ccccc43)[C@@H]3OC[C@H]2O3)CC1. The van der Waals surface area contributed by atoms with Crippen LogP contribution in [0.1, 0.15) is 18.9 Å². The van der Waals surface area contributed by atoms with Crippen molar-refractivity contribution in [3.8, 4) is 0 Å². The van der Waals surface area contributed by atoms with E-state index in [9.17, 15) is 5.11 Å². The molecule has 4 heterocycles. The first-order valence-electron chi connectivity index (χ1n) is 9.52. The van der Waals surface area contributed by atoms with Crippen LogP contribution in [0.2, 0.25) is 0 Å². The van der Waals surface area contributed by atoms with Crippen LogP contribution in [0.4, 0.5) is 0 Å². The molecular weight excluding hydrogens is 332 g/mol. The third kappa shape index (κ3) is 2.75. The Morgan fingerprint density at radius 2 is 2.04 bits per heavy atom. The number of para-hydroxylation sites is 2. The van der Waals surface area contributed by atoms with Gasteiger partial charge in [0, 0.05) is 6.04 Å². The summed E-state index contributed by atoms with van der Waals surface area (Å²) in [5.74, 6) is 0. The number of benzene rings is 1. The molecule has 26 heavy (non-hydrogen) atoms. The molecule has 2 N–H and O–H groups in total. The van der Waals surface area contributed by atoms with E-state index in [0.717, 1.165) is 37.0 Å². The van der Waals surface area contributed by atoms with E-state index in [1.54, 1.807) is 6.33 Å². The fourth-order valence-electron chi connectivity index (χ4n) is 4.57. The van der Waals surface area contributed by atoms with Crippen LogP contribution in [-0.2, 0) is 9.47 Å². The average molecular weight is 358 g/mol. The summed E-state index contributed by atoms with van der Waals surface area (Å²) in [6.45, 7) is 2.69. The molecule has 3 fully saturated rings. The van der Waals surface area contributed by atoms with Gasteiger partial charge in [-0.15, -0.1) is 0 Å². The molecule has 7 nitrogen and oxygen atoms in total. The van der Waals surface area contributed by atoms with Gasteiger partial charge in [0.2, 0.25) is 0 Å². The van der Waals surface area contributed by atoms with E-state index in [2.05, 4.69) is 22.2 Å². The fraction of sp³-hybridized carbons (Fsp3) is 0.632. The van der Waals surface area contributed by atoms with Crippen molar-refractivity contribution in [2.45, 2.75) is 49.5 Å². The largest absolute Gasteiger partial charge is 0.389 e. The van der Waals surface area contributed by atoms with Gasteiger partial charge in [-0.1, -0.05) is 12.1 Å². The number of nitrogens with one attached hydrogen (secondary N) is 1. The normalized spacial score (nSPS) is 36.0. The van der Waals surface area contributed by atoms with Crippen molar-refractivity contribution in [2.24, 2.45) is 0 Å². The minimum Gasteiger partial charge on any atom is -0.389 e. The zero-order chi connectivity index (χ0) is 17.7. The maximum atomic E-state index is 11.2. The topological polar surface area (TPSA) is 71.8 Å². The quantitative estimate of drug-likeness (QED) is 0.844. The molecule has 0 aliphatic carbocycles. The summed E-state index contributed by atoms with van der Waals surface area (Å²) in [5, 5.41) is 14.9.